The molecule has 0 radical (unpaired) electrons. The predicted molar refractivity (Wildman–Crippen MR) is 186 cm³/mol. The third-order valence-corrected chi connectivity index (χ3v) is 8.61. The average Bonchev–Trinajstić information content (AvgIpc) is 3.49. The summed E-state index contributed by atoms with van der Waals surface area (Å²) in [7, 11) is -1.19. The summed E-state index contributed by atoms with van der Waals surface area (Å²) >= 11 is 0. The molecule has 0 aliphatic heterocycles. The highest BCUT2D eigenvalue weighted by molar-refractivity contribution is 7.84. The van der Waals surface area contributed by atoms with Crippen LogP contribution < -0.4 is 9.47 Å². The maximum absolute atomic E-state index is 13.0. The van der Waals surface area contributed by atoms with E-state index in [4.69, 9.17) is 14.2 Å². The Kier molecular flexibility index (Phi) is 13.8. The van der Waals surface area contributed by atoms with E-state index in [9.17, 15) is 9.00 Å². The van der Waals surface area contributed by atoms with Crippen LogP contribution >= 0.6 is 0 Å². The molecule has 0 amide bonds. The molecule has 8 heteroatoms. The Hall–Kier alpha value is -4.01. The molecule has 1 heterocycles. The maximum atomic E-state index is 13.0. The number of nitrogens with zero attached hydrogens (tertiary/aromatic N) is 2. The van der Waals surface area contributed by atoms with Crippen molar-refractivity contribution in [2.45, 2.75) is 76.7 Å². The van der Waals surface area contributed by atoms with Crippen LogP contribution in [-0.4, -0.2) is 45.5 Å². The summed E-state index contributed by atoms with van der Waals surface area (Å²) in [5, 5.41) is 0. The van der Waals surface area contributed by atoms with Gasteiger partial charge in [0.2, 0.25) is 0 Å². The summed E-state index contributed by atoms with van der Waals surface area (Å²) in [4.78, 5) is 17.9. The van der Waals surface area contributed by atoms with Crippen molar-refractivity contribution in [3.63, 3.8) is 0 Å². The highest BCUT2D eigenvalue weighted by atomic mass is 32.2. The molecule has 0 saturated carbocycles. The minimum Gasteiger partial charge on any atom is -0.491 e. The SMILES string of the molecule is CCCCOCCOc1ccc(-c2ccc(OC(C)C)c(/C=C/C(=O)Cc3ccc([S@](=O)Cc4cncn4CCC)cc3)c2)cc1. The third-order valence-electron chi connectivity index (χ3n) is 7.25. The summed E-state index contributed by atoms with van der Waals surface area (Å²) in [5.74, 6) is 1.90. The summed E-state index contributed by atoms with van der Waals surface area (Å²) in [6, 6.07) is 21.4. The van der Waals surface area contributed by atoms with Gasteiger partial charge in [0.05, 0.1) is 41.3 Å². The number of hydrogen-bond acceptors (Lipinski definition) is 6. The zero-order valence-corrected chi connectivity index (χ0v) is 28.3. The van der Waals surface area contributed by atoms with Gasteiger partial charge in [0.25, 0.3) is 0 Å². The zero-order chi connectivity index (χ0) is 32.7. The highest BCUT2D eigenvalue weighted by Crippen LogP contribution is 2.30. The van der Waals surface area contributed by atoms with Crippen molar-refractivity contribution in [3.05, 3.63) is 102 Å². The zero-order valence-electron chi connectivity index (χ0n) is 27.4. The topological polar surface area (TPSA) is 79.7 Å². The molecule has 0 bridgehead atoms. The molecule has 0 aliphatic carbocycles. The minimum atomic E-state index is -1.19. The number of unbranched alkanes of at least 4 members (excludes halogenated alkanes) is 1. The standard InChI is InChI=1S/C38H46N2O5S/c1-5-7-21-43-22-23-44-36-15-11-31(12-16-36)32-13-19-38(45-29(3)4)33(25-32)10-14-35(41)24-30-8-17-37(18-9-30)46(42)27-34-26-39-28-40(34)20-6-2/h8-19,25-26,28-29H,5-7,20-24,27H2,1-4H3/b14-10+/t46-/m1/s1. The molecule has 0 fully saturated rings. The number of carbonyl (C=O) groups excluding carboxylic acids is 1. The van der Waals surface area contributed by atoms with Gasteiger partial charge in [0.1, 0.15) is 18.1 Å². The molecule has 0 N–H and O–H groups in total. The van der Waals surface area contributed by atoms with Gasteiger partial charge in [-0.05, 0) is 91.9 Å². The summed E-state index contributed by atoms with van der Waals surface area (Å²) in [5.41, 5.74) is 4.71. The van der Waals surface area contributed by atoms with Gasteiger partial charge in [0, 0.05) is 36.2 Å². The van der Waals surface area contributed by atoms with E-state index in [2.05, 4.69) is 18.8 Å². The van der Waals surface area contributed by atoms with Gasteiger partial charge in [-0.1, -0.05) is 50.6 Å². The molecule has 3 aromatic carbocycles. The van der Waals surface area contributed by atoms with Crippen molar-refractivity contribution in [2.75, 3.05) is 19.8 Å². The van der Waals surface area contributed by atoms with E-state index < -0.39 is 10.8 Å². The first kappa shape index (κ1) is 34.9. The van der Waals surface area contributed by atoms with Crippen molar-refractivity contribution in [2.24, 2.45) is 0 Å². The molecule has 4 rings (SSSR count). The first-order valence-corrected chi connectivity index (χ1v) is 17.5. The van der Waals surface area contributed by atoms with Gasteiger partial charge in [-0.3, -0.25) is 9.00 Å². The molecule has 4 aromatic rings. The lowest BCUT2D eigenvalue weighted by Gasteiger charge is -2.14. The Labute approximate surface area is 276 Å². The predicted octanol–water partition coefficient (Wildman–Crippen LogP) is 8.08. The normalized spacial score (nSPS) is 12.1. The number of carbonyl (C=O) groups is 1. The van der Waals surface area contributed by atoms with E-state index >= 15 is 0 Å². The van der Waals surface area contributed by atoms with Crippen LogP contribution in [-0.2, 0) is 39.0 Å². The monoisotopic (exact) mass is 642 g/mol. The lowest BCUT2D eigenvalue weighted by atomic mass is 10.0. The van der Waals surface area contributed by atoms with E-state index in [-0.39, 0.29) is 18.3 Å². The lowest BCUT2D eigenvalue weighted by molar-refractivity contribution is -0.113. The second-order valence-corrected chi connectivity index (χ2v) is 12.9. The number of rotatable bonds is 19. The molecule has 7 nitrogen and oxygen atoms in total. The molecule has 1 aromatic heterocycles. The molecule has 0 aliphatic rings. The number of allylic oxidation sites excluding steroid dienone is 1. The van der Waals surface area contributed by atoms with Gasteiger partial charge < -0.3 is 18.8 Å². The quantitative estimate of drug-likeness (QED) is 0.0760. The van der Waals surface area contributed by atoms with Crippen LogP contribution in [0.2, 0.25) is 0 Å². The number of benzene rings is 3. The fourth-order valence-corrected chi connectivity index (χ4v) is 5.98. The smallest absolute Gasteiger partial charge is 0.160 e. The Bertz CT molecular complexity index is 1580. The Balaban J connectivity index is 1.38. The molecule has 0 spiro atoms. The average molecular weight is 643 g/mol. The Morgan fingerprint density at radius 3 is 2.41 bits per heavy atom. The highest BCUT2D eigenvalue weighted by Gasteiger charge is 2.11. The molecule has 244 valence electrons. The molecule has 46 heavy (non-hydrogen) atoms. The second-order valence-electron chi connectivity index (χ2n) is 11.4. The number of ether oxygens (including phenoxy) is 3. The van der Waals surface area contributed by atoms with E-state index in [1.165, 1.54) is 0 Å². The van der Waals surface area contributed by atoms with Crippen molar-refractivity contribution in [1.82, 2.24) is 9.55 Å². The van der Waals surface area contributed by atoms with Gasteiger partial charge in [-0.25, -0.2) is 4.98 Å². The first-order valence-electron chi connectivity index (χ1n) is 16.1. The first-order chi connectivity index (χ1) is 22.4. The van der Waals surface area contributed by atoms with E-state index in [0.717, 1.165) is 76.8 Å². The Morgan fingerprint density at radius 2 is 1.70 bits per heavy atom. The number of aromatic nitrogens is 2. The maximum Gasteiger partial charge on any atom is 0.160 e. The number of hydrogen-bond donors (Lipinski definition) is 0. The van der Waals surface area contributed by atoms with E-state index in [1.807, 2.05) is 91.2 Å². The Morgan fingerprint density at radius 1 is 0.935 bits per heavy atom. The van der Waals surface area contributed by atoms with Crippen LogP contribution in [0.25, 0.3) is 17.2 Å². The van der Waals surface area contributed by atoms with Crippen LogP contribution in [0.15, 0.2) is 90.2 Å². The third kappa shape index (κ3) is 10.8. The fourth-order valence-electron chi connectivity index (χ4n) is 4.86. The number of ketones is 1. The molecule has 1 atom stereocenters. The lowest BCUT2D eigenvalue weighted by Crippen LogP contribution is -2.07. The summed E-state index contributed by atoms with van der Waals surface area (Å²) in [6.45, 7) is 10.9. The second kappa shape index (κ2) is 18.2. The molecular weight excluding hydrogens is 596 g/mol. The van der Waals surface area contributed by atoms with Crippen molar-refractivity contribution < 1.29 is 23.2 Å². The molecule has 0 saturated heterocycles. The van der Waals surface area contributed by atoms with Gasteiger partial charge in [-0.2, -0.15) is 0 Å². The van der Waals surface area contributed by atoms with Gasteiger partial charge in [0.15, 0.2) is 5.78 Å². The van der Waals surface area contributed by atoms with Crippen molar-refractivity contribution in [3.8, 4) is 22.6 Å². The van der Waals surface area contributed by atoms with Crippen molar-refractivity contribution in [1.29, 1.82) is 0 Å². The van der Waals surface area contributed by atoms with Crippen LogP contribution in [0.3, 0.4) is 0 Å². The fraction of sp³-hybridized carbons (Fsp3) is 0.368. The van der Waals surface area contributed by atoms with Crippen LogP contribution in [0.5, 0.6) is 11.5 Å². The minimum absolute atomic E-state index is 0.00708. The van der Waals surface area contributed by atoms with Crippen LogP contribution in [0, 0.1) is 0 Å². The number of imidazole rings is 1. The van der Waals surface area contributed by atoms with Crippen LogP contribution in [0.1, 0.15) is 63.8 Å². The summed E-state index contributed by atoms with van der Waals surface area (Å²) in [6.07, 6.45) is 10.4. The van der Waals surface area contributed by atoms with Gasteiger partial charge >= 0.3 is 0 Å². The van der Waals surface area contributed by atoms with Crippen molar-refractivity contribution >= 4 is 22.7 Å². The molecular formula is C38H46N2O5S. The molecule has 0 unspecified atom stereocenters. The van der Waals surface area contributed by atoms with Crippen LogP contribution in [0.4, 0.5) is 0 Å². The largest absolute Gasteiger partial charge is 0.491 e. The summed E-state index contributed by atoms with van der Waals surface area (Å²) < 4.78 is 32.5. The van der Waals surface area contributed by atoms with E-state index in [1.54, 1.807) is 18.6 Å². The van der Waals surface area contributed by atoms with Gasteiger partial charge in [-0.15, -0.1) is 0 Å². The number of aryl methyl sites for hydroxylation is 1. The van der Waals surface area contributed by atoms with E-state index in [0.29, 0.717) is 19.0 Å².